The van der Waals surface area contributed by atoms with E-state index in [4.69, 9.17) is 10.5 Å². The molecular weight excluding hydrogens is 396 g/mol. The first kappa shape index (κ1) is 20.8. The fourth-order valence-electron chi connectivity index (χ4n) is 4.37. The van der Waals surface area contributed by atoms with E-state index in [2.05, 4.69) is 23.3 Å². The summed E-state index contributed by atoms with van der Waals surface area (Å²) >= 11 is 0. The van der Waals surface area contributed by atoms with Gasteiger partial charge < -0.3 is 20.7 Å². The van der Waals surface area contributed by atoms with Crippen LogP contribution in [0.25, 0.3) is 0 Å². The van der Waals surface area contributed by atoms with Gasteiger partial charge in [0.1, 0.15) is 17.7 Å². The number of piperidine rings is 1. The van der Waals surface area contributed by atoms with E-state index in [-0.39, 0.29) is 29.4 Å². The summed E-state index contributed by atoms with van der Waals surface area (Å²) in [5.41, 5.74) is 7.52. The summed E-state index contributed by atoms with van der Waals surface area (Å²) in [5, 5.41) is 2.46. The van der Waals surface area contributed by atoms with Crippen molar-refractivity contribution < 1.29 is 19.1 Å². The van der Waals surface area contributed by atoms with Crippen LogP contribution in [0.1, 0.15) is 54.2 Å². The molecule has 3 amide bonds. The summed E-state index contributed by atoms with van der Waals surface area (Å²) in [5.74, 6) is -1.07. The summed E-state index contributed by atoms with van der Waals surface area (Å²) in [6, 6.07) is 8.80. The van der Waals surface area contributed by atoms with E-state index < -0.39 is 17.7 Å². The number of aromatic nitrogens is 1. The molecule has 3 atom stereocenters. The van der Waals surface area contributed by atoms with Crippen molar-refractivity contribution in [1.82, 2.24) is 9.88 Å². The second-order valence-electron chi connectivity index (χ2n) is 8.37. The Bertz CT molecular complexity index is 1040. The Labute approximate surface area is 180 Å². The first-order chi connectivity index (χ1) is 14.8. The van der Waals surface area contributed by atoms with Crippen molar-refractivity contribution in [3.63, 3.8) is 0 Å². The van der Waals surface area contributed by atoms with Crippen LogP contribution in [0.15, 0.2) is 36.5 Å². The van der Waals surface area contributed by atoms with Crippen LogP contribution in [-0.4, -0.2) is 40.3 Å². The number of carbonyl (C=O) groups is 3. The minimum atomic E-state index is -0.835. The van der Waals surface area contributed by atoms with Crippen LogP contribution in [0.2, 0.25) is 0 Å². The molecule has 3 unspecified atom stereocenters. The van der Waals surface area contributed by atoms with Crippen LogP contribution in [0, 0.1) is 5.92 Å². The molecule has 1 aromatic carbocycles. The third-order valence-corrected chi connectivity index (χ3v) is 5.88. The lowest BCUT2D eigenvalue weighted by Gasteiger charge is -2.38. The molecule has 4 rings (SSSR count). The number of amides is 3. The number of hydrogen-bond donors (Lipinski definition) is 2. The predicted octanol–water partition coefficient (Wildman–Crippen LogP) is 2.44. The quantitative estimate of drug-likeness (QED) is 0.738. The van der Waals surface area contributed by atoms with Gasteiger partial charge in [-0.3, -0.25) is 14.4 Å². The maximum atomic E-state index is 13.1. The van der Waals surface area contributed by atoms with Gasteiger partial charge in [-0.05, 0) is 61.1 Å². The number of nitrogens with two attached hydrogens (primary N) is 1. The summed E-state index contributed by atoms with van der Waals surface area (Å²) < 4.78 is 5.79. The Morgan fingerprint density at radius 3 is 2.77 bits per heavy atom. The lowest BCUT2D eigenvalue weighted by Crippen LogP contribution is -2.46. The molecule has 0 bridgehead atoms. The Morgan fingerprint density at radius 2 is 2.00 bits per heavy atom. The average Bonchev–Trinajstić information content (AvgIpc) is 3.12. The summed E-state index contributed by atoms with van der Waals surface area (Å²) in [6.45, 7) is 4.57. The molecule has 2 aromatic rings. The molecule has 2 aliphatic heterocycles. The molecule has 0 aliphatic carbocycles. The van der Waals surface area contributed by atoms with Crippen LogP contribution in [0.3, 0.4) is 0 Å². The zero-order valence-corrected chi connectivity index (χ0v) is 17.6. The minimum absolute atomic E-state index is 0.0152. The van der Waals surface area contributed by atoms with Gasteiger partial charge in [-0.15, -0.1) is 0 Å². The minimum Gasteiger partial charge on any atom is -0.490 e. The monoisotopic (exact) mass is 422 g/mol. The molecule has 0 spiro atoms. The molecule has 1 aromatic heterocycles. The van der Waals surface area contributed by atoms with E-state index in [1.807, 2.05) is 19.1 Å². The largest absolute Gasteiger partial charge is 0.490 e. The smallest absolute Gasteiger partial charge is 0.315 e. The molecule has 3 heterocycles. The van der Waals surface area contributed by atoms with Gasteiger partial charge in [0.2, 0.25) is 0 Å². The van der Waals surface area contributed by atoms with Crippen LogP contribution in [0.5, 0.6) is 5.75 Å². The molecule has 2 aliphatic rings. The number of hydrogen-bond acceptors (Lipinski definition) is 5. The Morgan fingerprint density at radius 1 is 1.19 bits per heavy atom. The predicted molar refractivity (Wildman–Crippen MR) is 114 cm³/mol. The summed E-state index contributed by atoms with van der Waals surface area (Å²) in [4.78, 5) is 43.1. The van der Waals surface area contributed by atoms with Crippen LogP contribution < -0.4 is 15.8 Å². The topological polar surface area (TPSA) is 115 Å². The highest BCUT2D eigenvalue weighted by atomic mass is 16.5. The van der Waals surface area contributed by atoms with Gasteiger partial charge in [-0.2, -0.15) is 0 Å². The first-order valence-corrected chi connectivity index (χ1v) is 10.5. The number of primary amides is 1. The van der Waals surface area contributed by atoms with Gasteiger partial charge in [-0.1, -0.05) is 13.0 Å². The van der Waals surface area contributed by atoms with Crippen molar-refractivity contribution in [3.05, 3.63) is 53.2 Å². The molecule has 31 heavy (non-hydrogen) atoms. The van der Waals surface area contributed by atoms with E-state index >= 15 is 0 Å². The molecule has 8 heteroatoms. The Balaban J connectivity index is 1.57. The summed E-state index contributed by atoms with van der Waals surface area (Å²) in [7, 11) is 0. The van der Waals surface area contributed by atoms with Gasteiger partial charge in [-0.25, -0.2) is 4.98 Å². The number of anilines is 1. The lowest BCUT2D eigenvalue weighted by atomic mass is 9.89. The van der Waals surface area contributed by atoms with E-state index in [0.29, 0.717) is 6.54 Å². The highest BCUT2D eigenvalue weighted by molar-refractivity contribution is 6.39. The molecular formula is C23H26N4O4. The molecule has 0 saturated carbocycles. The van der Waals surface area contributed by atoms with Gasteiger partial charge in [0.15, 0.2) is 0 Å². The molecule has 1 fully saturated rings. The van der Waals surface area contributed by atoms with Crippen molar-refractivity contribution >= 4 is 23.5 Å². The third kappa shape index (κ3) is 4.23. The number of benzene rings is 1. The van der Waals surface area contributed by atoms with Gasteiger partial charge in [0, 0.05) is 19.2 Å². The zero-order valence-electron chi connectivity index (χ0n) is 17.6. The normalized spacial score (nSPS) is 22.4. The first-order valence-electron chi connectivity index (χ1n) is 10.5. The van der Waals surface area contributed by atoms with Gasteiger partial charge in [0.05, 0.1) is 11.6 Å². The van der Waals surface area contributed by atoms with Crippen molar-refractivity contribution in [1.29, 1.82) is 0 Å². The number of nitrogens with one attached hydrogen (secondary N) is 1. The second kappa shape index (κ2) is 8.37. The van der Waals surface area contributed by atoms with E-state index in [1.54, 1.807) is 11.0 Å². The van der Waals surface area contributed by atoms with Gasteiger partial charge >= 0.3 is 11.8 Å². The van der Waals surface area contributed by atoms with Crippen LogP contribution in [0.4, 0.5) is 5.82 Å². The third-order valence-electron chi connectivity index (χ3n) is 5.88. The zero-order chi connectivity index (χ0) is 22.1. The lowest BCUT2D eigenvalue weighted by molar-refractivity contribution is -0.146. The van der Waals surface area contributed by atoms with E-state index in [0.717, 1.165) is 36.1 Å². The fourth-order valence-corrected chi connectivity index (χ4v) is 4.37. The SMILES string of the molecule is CC1CCC(c2ccc3c(c2)CC(C)O3)N(C(=O)C(=O)Nc2ncccc2C(N)=O)C1. The number of likely N-dealkylation sites (tertiary alicyclic amines) is 1. The second-order valence-corrected chi connectivity index (χ2v) is 8.37. The summed E-state index contributed by atoms with van der Waals surface area (Å²) in [6.07, 6.45) is 4.12. The molecule has 0 radical (unpaired) electrons. The van der Waals surface area contributed by atoms with E-state index in [1.165, 1.54) is 12.3 Å². The number of fused-ring (bicyclic) bond motifs is 1. The standard InChI is InChI=1S/C23H26N4O4/c1-13-5-7-18(15-6-8-19-16(11-15)10-14(2)31-19)27(12-13)23(30)22(29)26-21-17(20(24)28)4-3-9-25-21/h3-4,6,8-9,11,13-14,18H,5,7,10,12H2,1-2H3,(H2,24,28)(H,25,26,29). The van der Waals surface area contributed by atoms with Crippen LogP contribution in [-0.2, 0) is 16.0 Å². The highest BCUT2D eigenvalue weighted by Crippen LogP contribution is 2.37. The number of pyridine rings is 1. The Hall–Kier alpha value is -3.42. The fraction of sp³-hybridized carbons (Fsp3) is 0.391. The number of carbonyl (C=O) groups excluding carboxylic acids is 3. The van der Waals surface area contributed by atoms with Crippen molar-refractivity contribution in [2.24, 2.45) is 11.7 Å². The highest BCUT2D eigenvalue weighted by Gasteiger charge is 2.35. The van der Waals surface area contributed by atoms with Crippen molar-refractivity contribution in [2.45, 2.75) is 45.3 Å². The van der Waals surface area contributed by atoms with Crippen LogP contribution >= 0.6 is 0 Å². The maximum Gasteiger partial charge on any atom is 0.315 e. The Kier molecular flexibility index (Phi) is 5.63. The maximum absolute atomic E-state index is 13.1. The molecule has 162 valence electrons. The molecule has 8 nitrogen and oxygen atoms in total. The van der Waals surface area contributed by atoms with E-state index in [9.17, 15) is 14.4 Å². The average molecular weight is 422 g/mol. The molecule has 1 saturated heterocycles. The van der Waals surface area contributed by atoms with Crippen molar-refractivity contribution in [2.75, 3.05) is 11.9 Å². The number of rotatable bonds is 3. The van der Waals surface area contributed by atoms with Gasteiger partial charge in [0.25, 0.3) is 5.91 Å². The molecule has 3 N–H and O–H groups in total. The number of nitrogens with zero attached hydrogens (tertiary/aromatic N) is 2. The number of ether oxygens (including phenoxy) is 1. The van der Waals surface area contributed by atoms with Crippen molar-refractivity contribution in [3.8, 4) is 5.75 Å².